The van der Waals surface area contributed by atoms with Gasteiger partial charge in [-0.2, -0.15) is 4.98 Å². The maximum Gasteiger partial charge on any atom is 0.335 e. The Labute approximate surface area is 218 Å². The number of nitrogens with zero attached hydrogens (tertiary/aromatic N) is 3. The van der Waals surface area contributed by atoms with Gasteiger partial charge in [0.1, 0.15) is 0 Å². The van der Waals surface area contributed by atoms with E-state index in [1.54, 1.807) is 18.3 Å². The van der Waals surface area contributed by atoms with Crippen LogP contribution >= 0.6 is 0 Å². The Bertz CT molecular complexity index is 1620. The van der Waals surface area contributed by atoms with Crippen molar-refractivity contribution in [3.8, 4) is 23.0 Å². The summed E-state index contributed by atoms with van der Waals surface area (Å²) in [5.74, 6) is -1.37. The molecule has 0 atom stereocenters. The standard InChI is InChI=1S/C28H25N5O5/c1-37-26-21(13-31-28(33-26)38-2)16-7-8-20-23(12-16)30-14-22(25(29)34)24(20)32-19-10-17(15-5-3-4-6-15)9-18(11-19)27(35)36/h5,7-14H,3-4,6H2,1-2H3,(H2,29,34)(H,30,32)(H,35,36). The van der Waals surface area contributed by atoms with Crippen molar-refractivity contribution in [2.45, 2.75) is 19.3 Å². The number of nitrogens with one attached hydrogen (secondary N) is 1. The normalized spacial score (nSPS) is 12.7. The number of benzene rings is 2. The first-order chi connectivity index (χ1) is 18.4. The second-order valence-corrected chi connectivity index (χ2v) is 8.77. The van der Waals surface area contributed by atoms with Crippen LogP contribution in [0.1, 0.15) is 45.5 Å². The number of carbonyl (C=O) groups excluding carboxylic acids is 1. The molecule has 4 N–H and O–H groups in total. The van der Waals surface area contributed by atoms with Crippen LogP contribution in [0.25, 0.3) is 27.6 Å². The molecule has 10 heteroatoms. The molecule has 2 heterocycles. The number of methoxy groups -OCH3 is 2. The van der Waals surface area contributed by atoms with Crippen LogP contribution in [0.4, 0.5) is 11.4 Å². The predicted octanol–water partition coefficient (Wildman–Crippen LogP) is 4.82. The van der Waals surface area contributed by atoms with Crippen LogP contribution in [-0.2, 0) is 0 Å². The van der Waals surface area contributed by atoms with Gasteiger partial charge in [0.15, 0.2) is 0 Å². The first-order valence-corrected chi connectivity index (χ1v) is 11.9. The Morgan fingerprint density at radius 1 is 1.03 bits per heavy atom. The summed E-state index contributed by atoms with van der Waals surface area (Å²) < 4.78 is 10.5. The molecule has 0 radical (unpaired) electrons. The molecule has 10 nitrogen and oxygen atoms in total. The van der Waals surface area contributed by atoms with Crippen LogP contribution in [0.5, 0.6) is 11.9 Å². The summed E-state index contributed by atoms with van der Waals surface area (Å²) in [4.78, 5) is 37.1. The number of aromatic nitrogens is 3. The predicted molar refractivity (Wildman–Crippen MR) is 143 cm³/mol. The van der Waals surface area contributed by atoms with Gasteiger partial charge in [0, 0.05) is 23.5 Å². The van der Waals surface area contributed by atoms with Gasteiger partial charge in [-0.3, -0.25) is 9.78 Å². The Kier molecular flexibility index (Phi) is 6.61. The molecule has 0 spiro atoms. The fraction of sp³-hybridized carbons (Fsp3) is 0.179. The SMILES string of the molecule is COc1ncc(-c2ccc3c(Nc4cc(C(=O)O)cc(C5=CCCC5)c4)c(C(N)=O)cnc3c2)c(OC)n1. The largest absolute Gasteiger partial charge is 0.480 e. The molecule has 4 aromatic rings. The lowest BCUT2D eigenvalue weighted by Gasteiger charge is -2.16. The number of nitrogens with two attached hydrogens (primary N) is 1. The number of pyridine rings is 1. The van der Waals surface area contributed by atoms with Gasteiger partial charge in [0.05, 0.1) is 42.1 Å². The molecule has 0 aliphatic heterocycles. The van der Waals surface area contributed by atoms with E-state index in [0.29, 0.717) is 33.7 Å². The van der Waals surface area contributed by atoms with E-state index < -0.39 is 11.9 Å². The monoisotopic (exact) mass is 511 g/mol. The van der Waals surface area contributed by atoms with E-state index in [1.807, 2.05) is 18.2 Å². The van der Waals surface area contributed by atoms with Crippen LogP contribution in [0.15, 0.2) is 54.9 Å². The smallest absolute Gasteiger partial charge is 0.335 e. The summed E-state index contributed by atoms with van der Waals surface area (Å²) in [5, 5.41) is 13.6. The number of anilines is 2. The maximum absolute atomic E-state index is 12.3. The first-order valence-electron chi connectivity index (χ1n) is 11.9. The molecule has 2 aromatic heterocycles. The highest BCUT2D eigenvalue weighted by molar-refractivity contribution is 6.08. The minimum absolute atomic E-state index is 0.144. The number of hydrogen-bond acceptors (Lipinski definition) is 8. The Morgan fingerprint density at radius 3 is 2.55 bits per heavy atom. The zero-order valence-electron chi connectivity index (χ0n) is 20.8. The molecular formula is C28H25N5O5. The molecule has 38 heavy (non-hydrogen) atoms. The van der Waals surface area contributed by atoms with Crippen LogP contribution in [0.2, 0.25) is 0 Å². The number of fused-ring (bicyclic) bond motifs is 1. The van der Waals surface area contributed by atoms with E-state index in [-0.39, 0.29) is 17.1 Å². The topological polar surface area (TPSA) is 150 Å². The fourth-order valence-electron chi connectivity index (χ4n) is 4.57. The van der Waals surface area contributed by atoms with Gasteiger partial charge < -0.3 is 25.6 Å². The lowest BCUT2D eigenvalue weighted by Crippen LogP contribution is -2.14. The van der Waals surface area contributed by atoms with Crippen LogP contribution < -0.4 is 20.5 Å². The molecule has 0 unspecified atom stereocenters. The van der Waals surface area contributed by atoms with Gasteiger partial charge in [0.2, 0.25) is 5.88 Å². The number of carboxylic acid groups (broad SMARTS) is 1. The van der Waals surface area contributed by atoms with Crippen LogP contribution in [-0.4, -0.2) is 46.2 Å². The third kappa shape index (κ3) is 4.71. The molecular weight excluding hydrogens is 486 g/mol. The van der Waals surface area contributed by atoms with E-state index >= 15 is 0 Å². The quantitative estimate of drug-likeness (QED) is 0.303. The second kappa shape index (κ2) is 10.2. The number of hydrogen-bond donors (Lipinski definition) is 3. The molecule has 0 fully saturated rings. The molecule has 192 valence electrons. The second-order valence-electron chi connectivity index (χ2n) is 8.77. The van der Waals surface area contributed by atoms with Gasteiger partial charge in [-0.1, -0.05) is 18.2 Å². The Balaban J connectivity index is 1.62. The number of amides is 1. The third-order valence-corrected chi connectivity index (χ3v) is 6.41. The summed E-state index contributed by atoms with van der Waals surface area (Å²) >= 11 is 0. The Morgan fingerprint density at radius 2 is 1.87 bits per heavy atom. The molecule has 0 saturated heterocycles. The molecule has 2 aromatic carbocycles. The summed E-state index contributed by atoms with van der Waals surface area (Å²) in [6.07, 6.45) is 8.00. The van der Waals surface area contributed by atoms with E-state index in [9.17, 15) is 14.7 Å². The van der Waals surface area contributed by atoms with Gasteiger partial charge in [-0.25, -0.2) is 9.78 Å². The summed E-state index contributed by atoms with van der Waals surface area (Å²) in [7, 11) is 2.98. The molecule has 1 aliphatic carbocycles. The molecule has 0 bridgehead atoms. The Hall–Kier alpha value is -4.99. The van der Waals surface area contributed by atoms with E-state index in [4.69, 9.17) is 15.2 Å². The van der Waals surface area contributed by atoms with Crippen molar-refractivity contribution in [1.82, 2.24) is 15.0 Å². The van der Waals surface area contributed by atoms with E-state index in [1.165, 1.54) is 26.5 Å². The summed E-state index contributed by atoms with van der Waals surface area (Å²) in [6, 6.07) is 10.7. The third-order valence-electron chi connectivity index (χ3n) is 6.41. The average molecular weight is 512 g/mol. The number of aromatic carboxylic acids is 1. The molecule has 5 rings (SSSR count). The lowest BCUT2D eigenvalue weighted by atomic mass is 10.0. The summed E-state index contributed by atoms with van der Waals surface area (Å²) in [6.45, 7) is 0. The minimum Gasteiger partial charge on any atom is -0.480 e. The van der Waals surface area contributed by atoms with Crippen molar-refractivity contribution in [3.05, 3.63) is 71.6 Å². The number of carbonyl (C=O) groups is 2. The average Bonchev–Trinajstić information content (AvgIpc) is 3.47. The fourth-order valence-corrected chi connectivity index (χ4v) is 4.57. The minimum atomic E-state index is -1.04. The van der Waals surface area contributed by atoms with Crippen LogP contribution in [0.3, 0.4) is 0 Å². The van der Waals surface area contributed by atoms with E-state index in [2.05, 4.69) is 26.3 Å². The maximum atomic E-state index is 12.3. The van der Waals surface area contributed by atoms with Crippen molar-refractivity contribution in [2.75, 3.05) is 19.5 Å². The zero-order valence-corrected chi connectivity index (χ0v) is 20.8. The molecule has 1 aliphatic rings. The van der Waals surface area contributed by atoms with Crippen molar-refractivity contribution in [1.29, 1.82) is 0 Å². The van der Waals surface area contributed by atoms with Crippen molar-refractivity contribution < 1.29 is 24.2 Å². The molecule has 0 saturated carbocycles. The van der Waals surface area contributed by atoms with Gasteiger partial charge >= 0.3 is 12.0 Å². The highest BCUT2D eigenvalue weighted by Crippen LogP contribution is 2.36. The van der Waals surface area contributed by atoms with Gasteiger partial charge in [0.25, 0.3) is 5.91 Å². The van der Waals surface area contributed by atoms with Crippen molar-refractivity contribution in [2.24, 2.45) is 5.73 Å². The number of rotatable bonds is 8. The molecule has 1 amide bonds. The van der Waals surface area contributed by atoms with Gasteiger partial charge in [-0.15, -0.1) is 0 Å². The first kappa shape index (κ1) is 24.7. The van der Waals surface area contributed by atoms with Gasteiger partial charge in [-0.05, 0) is 60.2 Å². The van der Waals surface area contributed by atoms with Crippen molar-refractivity contribution in [3.63, 3.8) is 0 Å². The highest BCUT2D eigenvalue weighted by Gasteiger charge is 2.18. The van der Waals surface area contributed by atoms with E-state index in [0.717, 1.165) is 36.0 Å². The van der Waals surface area contributed by atoms with Crippen molar-refractivity contribution >= 4 is 39.7 Å². The number of allylic oxidation sites excluding steroid dienone is 2. The number of carboxylic acids is 1. The number of ether oxygens (including phenoxy) is 2. The highest BCUT2D eigenvalue weighted by atomic mass is 16.5. The summed E-state index contributed by atoms with van der Waals surface area (Å²) in [5.41, 5.74) is 10.8. The number of primary amides is 1. The van der Waals surface area contributed by atoms with Crippen LogP contribution in [0, 0.1) is 0 Å². The zero-order chi connectivity index (χ0) is 26.8. The lowest BCUT2D eigenvalue weighted by molar-refractivity contribution is 0.0696.